The Hall–Kier alpha value is -4.42. The number of hydrogen-bond donors (Lipinski definition) is 0. The van der Waals surface area contributed by atoms with E-state index >= 15 is 0 Å². The minimum Gasteiger partial charge on any atom is -0.379 e. The number of para-hydroxylation sites is 2. The lowest BCUT2D eigenvalue weighted by Gasteiger charge is -2.27. The summed E-state index contributed by atoms with van der Waals surface area (Å²) in [5.74, 6) is 0. The Balaban J connectivity index is 1.26. The summed E-state index contributed by atoms with van der Waals surface area (Å²) >= 11 is 7.26. The summed E-state index contributed by atoms with van der Waals surface area (Å²) in [6.07, 6.45) is 11.8. The van der Waals surface area contributed by atoms with E-state index in [4.69, 9.17) is 46.3 Å². The maximum Gasteiger partial charge on any atom is 0.209 e. The summed E-state index contributed by atoms with van der Waals surface area (Å²) in [5, 5.41) is 7.77. The van der Waals surface area contributed by atoms with E-state index in [1.54, 1.807) is 0 Å². The smallest absolute Gasteiger partial charge is 0.209 e. The van der Waals surface area contributed by atoms with Crippen LogP contribution in [0, 0.1) is 0 Å². The van der Waals surface area contributed by atoms with E-state index in [0.29, 0.717) is 92.2 Å². The predicted octanol–water partition coefficient (Wildman–Crippen LogP) is 9.61. The summed E-state index contributed by atoms with van der Waals surface area (Å²) in [5.41, 5.74) is 26.1. The van der Waals surface area contributed by atoms with Crippen molar-refractivity contribution < 1.29 is 28.3 Å². The van der Waals surface area contributed by atoms with Gasteiger partial charge in [0.15, 0.2) is 12.3 Å². The van der Waals surface area contributed by atoms with Crippen molar-refractivity contribution in [3.8, 4) is 0 Å². The quantitative estimate of drug-likeness (QED) is 0.0339. The maximum atomic E-state index is 8.42. The minimum absolute atomic E-state index is 0.198. The van der Waals surface area contributed by atoms with Crippen molar-refractivity contribution in [2.24, 2.45) is 10.2 Å². The predicted molar refractivity (Wildman–Crippen MR) is 230 cm³/mol. The topological polar surface area (TPSA) is 150 Å². The average molecular weight is 814 g/mol. The zero-order valence-electron chi connectivity index (χ0n) is 34.4. The number of allylic oxidation sites excluding steroid dienone is 8. The fourth-order valence-corrected chi connectivity index (χ4v) is 8.12. The first kappa shape index (κ1) is 44.7. The molecular formula is C44H58ClN8O5+. The van der Waals surface area contributed by atoms with E-state index in [2.05, 4.69) is 130 Å². The van der Waals surface area contributed by atoms with Gasteiger partial charge in [-0.25, -0.2) is 0 Å². The van der Waals surface area contributed by atoms with Gasteiger partial charge in [0.2, 0.25) is 5.69 Å². The lowest BCUT2D eigenvalue weighted by molar-refractivity contribution is -0.442. The first-order valence-electron chi connectivity index (χ1n) is 20.2. The van der Waals surface area contributed by atoms with Gasteiger partial charge < -0.3 is 28.6 Å². The molecule has 0 spiro atoms. The van der Waals surface area contributed by atoms with Crippen molar-refractivity contribution in [2.75, 3.05) is 97.1 Å². The molecular weight excluding hydrogens is 756 g/mol. The molecule has 0 unspecified atom stereocenters. The molecule has 2 aliphatic heterocycles. The van der Waals surface area contributed by atoms with Crippen LogP contribution < -0.4 is 4.90 Å². The van der Waals surface area contributed by atoms with Crippen LogP contribution in [0.5, 0.6) is 0 Å². The highest BCUT2D eigenvalue weighted by Gasteiger charge is 2.44. The molecule has 1 aliphatic carbocycles. The molecule has 58 heavy (non-hydrogen) atoms. The second kappa shape index (κ2) is 22.7. The zero-order chi connectivity index (χ0) is 41.2. The van der Waals surface area contributed by atoms with Gasteiger partial charge in [0, 0.05) is 69.0 Å². The van der Waals surface area contributed by atoms with E-state index in [1.165, 1.54) is 33.9 Å². The largest absolute Gasteiger partial charge is 0.379 e. The van der Waals surface area contributed by atoms with Gasteiger partial charge >= 0.3 is 0 Å². The Morgan fingerprint density at radius 2 is 1.29 bits per heavy atom. The molecule has 3 aliphatic rings. The Labute approximate surface area is 347 Å². The number of ether oxygens (including phenoxy) is 5. The highest BCUT2D eigenvalue weighted by atomic mass is 35.5. The number of azide groups is 2. The number of anilines is 1. The van der Waals surface area contributed by atoms with Gasteiger partial charge in [0.05, 0.1) is 64.9 Å². The molecule has 0 amide bonds. The maximum absolute atomic E-state index is 8.42. The minimum atomic E-state index is -0.199. The number of fused-ring (bicyclic) bond motifs is 2. The van der Waals surface area contributed by atoms with Gasteiger partial charge in [0.25, 0.3) is 0 Å². The number of halogens is 1. The van der Waals surface area contributed by atoms with E-state index in [9.17, 15) is 0 Å². The molecule has 2 aromatic rings. The van der Waals surface area contributed by atoms with Crippen LogP contribution in [0.1, 0.15) is 58.1 Å². The Bertz CT molecular complexity index is 1960. The molecule has 0 aromatic heterocycles. The van der Waals surface area contributed by atoms with Gasteiger partial charge in [-0.1, -0.05) is 84.2 Å². The Kier molecular flexibility index (Phi) is 17.5. The van der Waals surface area contributed by atoms with E-state index in [0.717, 1.165) is 35.4 Å². The molecule has 14 heteroatoms. The van der Waals surface area contributed by atoms with Gasteiger partial charge in [-0.3, -0.25) is 0 Å². The van der Waals surface area contributed by atoms with Crippen molar-refractivity contribution in [1.82, 2.24) is 0 Å². The van der Waals surface area contributed by atoms with E-state index in [-0.39, 0.29) is 10.8 Å². The second-order valence-electron chi connectivity index (χ2n) is 15.2. The fraction of sp³-hybridized carbons (Fsp3) is 0.523. The average Bonchev–Trinajstić information content (AvgIpc) is 3.57. The molecule has 5 rings (SSSR count). The number of hydrogen-bond acceptors (Lipinski definition) is 8. The molecule has 0 saturated heterocycles. The number of rotatable bonds is 24. The summed E-state index contributed by atoms with van der Waals surface area (Å²) in [7, 11) is 0. The lowest BCUT2D eigenvalue weighted by Crippen LogP contribution is -2.29. The first-order valence-corrected chi connectivity index (χ1v) is 20.6. The molecule has 0 bridgehead atoms. The number of nitrogens with zero attached hydrogens (tertiary/aromatic N) is 8. The monoisotopic (exact) mass is 813 g/mol. The van der Waals surface area contributed by atoms with Crippen LogP contribution >= 0.6 is 11.6 Å². The first-order chi connectivity index (χ1) is 28.2. The summed E-state index contributed by atoms with van der Waals surface area (Å²) in [4.78, 5) is 7.84. The molecule has 2 heterocycles. The van der Waals surface area contributed by atoms with Gasteiger partial charge in [-0.05, 0) is 73.0 Å². The fourth-order valence-electron chi connectivity index (χ4n) is 7.81. The van der Waals surface area contributed by atoms with Crippen LogP contribution in [0.25, 0.3) is 20.9 Å². The molecule has 13 nitrogen and oxygen atoms in total. The van der Waals surface area contributed by atoms with Crippen LogP contribution in [-0.4, -0.2) is 103 Å². The summed E-state index contributed by atoms with van der Waals surface area (Å²) < 4.78 is 30.8. The standard InChI is InChI=1S/C44H58ClN8O5/c1-43(2)36-12-5-7-14-38(36)52(22-26-56-30-28-54-24-20-48-50-46)40(43)18-16-34-10-9-11-35(42(34)45)17-19-41-44(3,4)37-13-6-8-15-39(37)53(41)23-27-57-31-33-58-32-29-55-25-21-49-51-47/h5-8,12-19H,9-11,20-33H2,1-4H3/q+1. The highest BCUT2D eigenvalue weighted by molar-refractivity contribution is 6.32. The zero-order valence-corrected chi connectivity index (χ0v) is 35.2. The van der Waals surface area contributed by atoms with Crippen molar-refractivity contribution in [3.05, 3.63) is 127 Å². The second-order valence-corrected chi connectivity index (χ2v) is 15.6. The molecule has 0 radical (unpaired) electrons. The van der Waals surface area contributed by atoms with Crippen LogP contribution in [0.2, 0.25) is 0 Å². The molecule has 310 valence electrons. The normalized spacial score (nSPS) is 18.3. The van der Waals surface area contributed by atoms with Crippen molar-refractivity contribution >= 4 is 28.7 Å². The van der Waals surface area contributed by atoms with E-state index in [1.807, 2.05) is 0 Å². The molecule has 0 N–H and O–H groups in total. The SMILES string of the molecule is CC1(C)C(=CC=C2CCCC(C=CC3=[N+](CCOCCOCCN=[N+]=[N-])c4ccccc4C3(C)C)=C2Cl)N(CCOCCOCCOCCN=[N+]=[N-])c2ccccc21. The third-order valence-electron chi connectivity index (χ3n) is 10.8. The number of benzene rings is 2. The third kappa shape index (κ3) is 11.6. The van der Waals surface area contributed by atoms with Crippen molar-refractivity contribution in [2.45, 2.75) is 57.8 Å². The highest BCUT2D eigenvalue weighted by Crippen LogP contribution is 2.48. The van der Waals surface area contributed by atoms with Crippen molar-refractivity contribution in [1.29, 1.82) is 0 Å². The summed E-state index contributed by atoms with van der Waals surface area (Å²) in [6, 6.07) is 17.2. The Morgan fingerprint density at radius 1 is 0.707 bits per heavy atom. The van der Waals surface area contributed by atoms with E-state index < -0.39 is 0 Å². The molecule has 0 saturated carbocycles. The molecule has 0 atom stereocenters. The van der Waals surface area contributed by atoms with Crippen LogP contribution in [-0.2, 0) is 34.5 Å². The van der Waals surface area contributed by atoms with Crippen LogP contribution in [0.4, 0.5) is 11.4 Å². The lowest BCUT2D eigenvalue weighted by atomic mass is 9.81. The molecule has 0 fully saturated rings. The van der Waals surface area contributed by atoms with Gasteiger partial charge in [0.1, 0.15) is 6.61 Å². The van der Waals surface area contributed by atoms with Crippen LogP contribution in [0.15, 0.2) is 105 Å². The molecule has 2 aromatic carbocycles. The summed E-state index contributed by atoms with van der Waals surface area (Å²) in [6.45, 7) is 15.8. The third-order valence-corrected chi connectivity index (χ3v) is 11.3. The van der Waals surface area contributed by atoms with Gasteiger partial charge in [-0.2, -0.15) is 4.58 Å². The van der Waals surface area contributed by atoms with Gasteiger partial charge in [-0.15, -0.1) is 0 Å². The van der Waals surface area contributed by atoms with Crippen LogP contribution in [0.3, 0.4) is 0 Å². The Morgan fingerprint density at radius 3 is 1.97 bits per heavy atom. The van der Waals surface area contributed by atoms with Crippen molar-refractivity contribution in [3.63, 3.8) is 0 Å².